The number of rotatable bonds is 8. The van der Waals surface area contributed by atoms with Crippen molar-refractivity contribution in [3.63, 3.8) is 0 Å². The molecule has 0 aliphatic rings. The van der Waals surface area contributed by atoms with Gasteiger partial charge in [0.15, 0.2) is 11.5 Å². The van der Waals surface area contributed by atoms with Crippen molar-refractivity contribution in [1.82, 2.24) is 0 Å². The average molecular weight is 396 g/mol. The molecule has 0 bridgehead atoms. The van der Waals surface area contributed by atoms with E-state index in [2.05, 4.69) is 8.37 Å². The van der Waals surface area contributed by atoms with Gasteiger partial charge in [-0.05, 0) is 13.8 Å². The summed E-state index contributed by atoms with van der Waals surface area (Å²) < 4.78 is 124. The maximum atomic E-state index is 12.0. The van der Waals surface area contributed by atoms with Gasteiger partial charge in [0.25, 0.3) is 20.2 Å². The van der Waals surface area contributed by atoms with E-state index in [1.807, 2.05) is 0 Å². The van der Waals surface area contributed by atoms with E-state index in [9.17, 15) is 43.2 Å². The second kappa shape index (κ2) is 7.53. The first kappa shape index (κ1) is 22.4. The van der Waals surface area contributed by atoms with Crippen LogP contribution in [0.5, 0.6) is 0 Å². The van der Waals surface area contributed by atoms with Crippen LogP contribution in [0.2, 0.25) is 0 Å². The van der Waals surface area contributed by atoms with E-state index in [-0.39, 0.29) is 0 Å². The molecule has 6 nitrogen and oxygen atoms in total. The molecule has 0 saturated carbocycles. The fraction of sp³-hybridized carbons (Fsp3) is 1.00. The molecule has 0 aromatic carbocycles. The normalized spacial score (nSPS) is 17.0. The third-order valence-electron chi connectivity index (χ3n) is 1.97. The summed E-state index contributed by atoms with van der Waals surface area (Å²) in [6, 6.07) is 0. The van der Waals surface area contributed by atoms with E-state index in [0.29, 0.717) is 0 Å². The van der Waals surface area contributed by atoms with Gasteiger partial charge in [0, 0.05) is 6.42 Å². The molecule has 0 N–H and O–H groups in total. The zero-order valence-electron chi connectivity index (χ0n) is 11.8. The number of alkyl halides is 6. The van der Waals surface area contributed by atoms with Crippen LogP contribution in [-0.4, -0.2) is 52.9 Å². The molecule has 0 aromatic heterocycles. The van der Waals surface area contributed by atoms with Crippen LogP contribution in [0.3, 0.4) is 0 Å². The highest BCUT2D eigenvalue weighted by molar-refractivity contribution is 7.87. The third kappa shape index (κ3) is 12.5. The van der Waals surface area contributed by atoms with E-state index in [0.717, 1.165) is 13.8 Å². The van der Waals surface area contributed by atoms with Crippen molar-refractivity contribution in [2.24, 2.45) is 0 Å². The van der Waals surface area contributed by atoms with E-state index in [1.165, 1.54) is 0 Å². The smallest absolute Gasteiger partial charge is 0.267 e. The molecule has 2 unspecified atom stereocenters. The summed E-state index contributed by atoms with van der Waals surface area (Å²) in [5.41, 5.74) is 0. The van der Waals surface area contributed by atoms with E-state index < -0.39 is 62.7 Å². The minimum Gasteiger partial charge on any atom is -0.267 e. The Morgan fingerprint density at radius 3 is 1.22 bits per heavy atom. The highest BCUT2D eigenvalue weighted by Gasteiger charge is 2.38. The van der Waals surface area contributed by atoms with Crippen molar-refractivity contribution in [2.75, 3.05) is 11.5 Å². The Kier molecular flexibility index (Phi) is 7.33. The molecule has 0 aliphatic carbocycles. The van der Waals surface area contributed by atoms with E-state index >= 15 is 0 Å². The van der Waals surface area contributed by atoms with Crippen LogP contribution >= 0.6 is 0 Å². The Morgan fingerprint density at radius 1 is 0.739 bits per heavy atom. The molecule has 0 aromatic rings. The molecule has 0 spiro atoms. The summed E-state index contributed by atoms with van der Waals surface area (Å²) in [4.78, 5) is 0. The van der Waals surface area contributed by atoms with Crippen LogP contribution in [0.25, 0.3) is 0 Å². The zero-order valence-corrected chi connectivity index (χ0v) is 13.4. The average Bonchev–Trinajstić information content (AvgIpc) is 2.03. The molecule has 14 heteroatoms. The minimum absolute atomic E-state index is 0.561. The molecule has 140 valence electrons. The summed E-state index contributed by atoms with van der Waals surface area (Å²) >= 11 is 0. The predicted octanol–water partition coefficient (Wildman–Crippen LogP) is 1.97. The molecule has 23 heavy (non-hydrogen) atoms. The lowest BCUT2D eigenvalue weighted by Gasteiger charge is -2.18. The van der Waals surface area contributed by atoms with Crippen LogP contribution in [-0.2, 0) is 28.6 Å². The SMILES string of the molecule is CC(CC(C)OS(=O)(=O)CC(F)(F)F)OS(=O)(=O)CC(F)(F)F. The molecule has 2 atom stereocenters. The number of hydrogen-bond acceptors (Lipinski definition) is 6. The maximum absolute atomic E-state index is 12.0. The molecule has 0 fully saturated rings. The van der Waals surface area contributed by atoms with Crippen LogP contribution in [0.4, 0.5) is 26.3 Å². The standard InChI is InChI=1S/C9H14F6O6S2/c1-6(20-22(16,17)4-8(10,11)12)3-7(2)21-23(18,19)5-9(13,14)15/h6-7H,3-5H2,1-2H3. The Balaban J connectivity index is 4.60. The molecule has 0 heterocycles. The summed E-state index contributed by atoms with van der Waals surface area (Å²) in [6.07, 6.45) is -13.5. The van der Waals surface area contributed by atoms with Crippen LogP contribution in [0.1, 0.15) is 20.3 Å². The quantitative estimate of drug-likeness (QED) is 0.461. The van der Waals surface area contributed by atoms with Crippen LogP contribution < -0.4 is 0 Å². The van der Waals surface area contributed by atoms with Crippen LogP contribution in [0, 0.1) is 0 Å². The molecule has 0 radical (unpaired) electrons. The van der Waals surface area contributed by atoms with Crippen molar-refractivity contribution >= 4 is 20.2 Å². The van der Waals surface area contributed by atoms with Gasteiger partial charge >= 0.3 is 12.4 Å². The summed E-state index contributed by atoms with van der Waals surface area (Å²) in [5, 5.41) is 0. The van der Waals surface area contributed by atoms with E-state index in [4.69, 9.17) is 0 Å². The first-order valence-corrected chi connectivity index (χ1v) is 9.02. The summed E-state index contributed by atoms with van der Waals surface area (Å²) in [7, 11) is -9.93. The predicted molar refractivity (Wildman–Crippen MR) is 65.4 cm³/mol. The monoisotopic (exact) mass is 396 g/mol. The Labute approximate surface area is 129 Å². The Hall–Kier alpha value is -0.600. The third-order valence-corrected chi connectivity index (χ3v) is 4.57. The van der Waals surface area contributed by atoms with Crippen LogP contribution in [0.15, 0.2) is 0 Å². The van der Waals surface area contributed by atoms with Crippen molar-refractivity contribution in [3.8, 4) is 0 Å². The van der Waals surface area contributed by atoms with Crippen molar-refractivity contribution in [1.29, 1.82) is 0 Å². The number of hydrogen-bond donors (Lipinski definition) is 0. The maximum Gasteiger partial charge on any atom is 0.405 e. The second-order valence-electron chi connectivity index (χ2n) is 4.68. The van der Waals surface area contributed by atoms with Gasteiger partial charge in [-0.25, -0.2) is 0 Å². The Morgan fingerprint density at radius 2 is 1.00 bits per heavy atom. The summed E-state index contributed by atoms with van der Waals surface area (Å²) in [5.74, 6) is -4.49. The lowest BCUT2D eigenvalue weighted by atomic mass is 10.2. The van der Waals surface area contributed by atoms with Gasteiger partial charge in [0.05, 0.1) is 12.2 Å². The molecular weight excluding hydrogens is 382 g/mol. The van der Waals surface area contributed by atoms with Gasteiger partial charge in [-0.2, -0.15) is 43.2 Å². The first-order chi connectivity index (χ1) is 9.91. The van der Waals surface area contributed by atoms with Crippen molar-refractivity contribution < 1.29 is 51.5 Å². The summed E-state index contributed by atoms with van der Waals surface area (Å²) in [6.45, 7) is 2.01. The van der Waals surface area contributed by atoms with E-state index in [1.54, 1.807) is 0 Å². The van der Waals surface area contributed by atoms with Gasteiger partial charge in [0.1, 0.15) is 0 Å². The molecular formula is C9H14F6O6S2. The zero-order chi connectivity index (χ0) is 18.7. The molecule has 0 amide bonds. The largest absolute Gasteiger partial charge is 0.405 e. The highest BCUT2D eigenvalue weighted by atomic mass is 32.2. The molecule has 0 rings (SSSR count). The topological polar surface area (TPSA) is 86.7 Å². The molecule has 0 aliphatic heterocycles. The van der Waals surface area contributed by atoms with Gasteiger partial charge in [0.2, 0.25) is 0 Å². The highest BCUT2D eigenvalue weighted by Crippen LogP contribution is 2.22. The van der Waals surface area contributed by atoms with Gasteiger partial charge < -0.3 is 0 Å². The van der Waals surface area contributed by atoms with Crippen molar-refractivity contribution in [2.45, 2.75) is 44.8 Å². The van der Waals surface area contributed by atoms with Gasteiger partial charge in [-0.1, -0.05) is 0 Å². The number of halogens is 6. The minimum atomic E-state index is -5.03. The van der Waals surface area contributed by atoms with Gasteiger partial charge in [-0.3, -0.25) is 8.37 Å². The van der Waals surface area contributed by atoms with Crippen molar-refractivity contribution in [3.05, 3.63) is 0 Å². The first-order valence-electron chi connectivity index (χ1n) is 5.86. The lowest BCUT2D eigenvalue weighted by molar-refractivity contribution is -0.108. The van der Waals surface area contributed by atoms with Gasteiger partial charge in [-0.15, -0.1) is 0 Å². The second-order valence-corrected chi connectivity index (χ2v) is 7.88. The fourth-order valence-electron chi connectivity index (χ4n) is 1.52. The molecule has 0 saturated heterocycles. The lowest BCUT2D eigenvalue weighted by Crippen LogP contribution is -2.31. The fourth-order valence-corrected chi connectivity index (χ4v) is 3.61. The Bertz CT molecular complexity index is 527.